The Hall–Kier alpha value is -2.89. The number of hydrogen-bond acceptors (Lipinski definition) is 6. The van der Waals surface area contributed by atoms with Gasteiger partial charge >= 0.3 is 17.9 Å². The van der Waals surface area contributed by atoms with Crippen molar-refractivity contribution < 1.29 is 28.6 Å². The van der Waals surface area contributed by atoms with Crippen LogP contribution in [0.2, 0.25) is 0 Å². The van der Waals surface area contributed by atoms with E-state index in [0.29, 0.717) is 12.8 Å². The van der Waals surface area contributed by atoms with Gasteiger partial charge < -0.3 is 14.2 Å². The van der Waals surface area contributed by atoms with Crippen molar-refractivity contribution in [1.29, 1.82) is 0 Å². The highest BCUT2D eigenvalue weighted by atomic mass is 16.6. The number of esters is 3. The molecule has 0 saturated carbocycles. The summed E-state index contributed by atoms with van der Waals surface area (Å²) in [5, 5.41) is 0. The van der Waals surface area contributed by atoms with E-state index in [4.69, 9.17) is 14.2 Å². The molecule has 0 aliphatic heterocycles. The van der Waals surface area contributed by atoms with E-state index in [2.05, 4.69) is 32.9 Å². The highest BCUT2D eigenvalue weighted by molar-refractivity contribution is 5.71. The molecule has 0 bridgehead atoms. The molecule has 0 spiro atoms. The second-order valence-electron chi connectivity index (χ2n) is 18.2. The van der Waals surface area contributed by atoms with Crippen LogP contribution in [0.4, 0.5) is 0 Å². The summed E-state index contributed by atoms with van der Waals surface area (Å²) in [5.41, 5.74) is 0. The normalized spacial score (nSPS) is 12.5. The second-order valence-corrected chi connectivity index (χ2v) is 18.2. The van der Waals surface area contributed by atoms with Crippen molar-refractivity contribution in [3.05, 3.63) is 60.8 Å². The molecule has 0 aromatic carbocycles. The van der Waals surface area contributed by atoms with Crippen molar-refractivity contribution in [2.45, 2.75) is 277 Å². The average molecular weight is 895 g/mol. The van der Waals surface area contributed by atoms with Crippen molar-refractivity contribution >= 4 is 17.9 Å². The SMILES string of the molecule is CC\C=C/C=C\C=C/C=C\C=C/CCCCCC(=O)OC(COC(=O)CCCCCCCCCCCCCCCCC)COC(=O)CCCCCCCCCCCCCCCCCC. The summed E-state index contributed by atoms with van der Waals surface area (Å²) < 4.78 is 16.8. The summed E-state index contributed by atoms with van der Waals surface area (Å²) in [6.45, 7) is 6.49. The summed E-state index contributed by atoms with van der Waals surface area (Å²) in [6.07, 6.45) is 64.9. The first-order valence-electron chi connectivity index (χ1n) is 27.4. The average Bonchev–Trinajstić information content (AvgIpc) is 3.29. The molecule has 0 saturated heterocycles. The Bertz CT molecular complexity index is 1170. The number of allylic oxidation sites excluding steroid dienone is 10. The Kier molecular flexibility index (Phi) is 50.4. The number of ether oxygens (including phenoxy) is 3. The zero-order chi connectivity index (χ0) is 46.5. The molecule has 64 heavy (non-hydrogen) atoms. The van der Waals surface area contributed by atoms with Gasteiger partial charge in [0.2, 0.25) is 0 Å². The van der Waals surface area contributed by atoms with Gasteiger partial charge in [0.25, 0.3) is 0 Å². The first kappa shape index (κ1) is 61.1. The van der Waals surface area contributed by atoms with Crippen LogP contribution in [0.5, 0.6) is 0 Å². The van der Waals surface area contributed by atoms with Gasteiger partial charge in [-0.1, -0.05) is 274 Å². The van der Waals surface area contributed by atoms with Gasteiger partial charge in [0, 0.05) is 19.3 Å². The van der Waals surface area contributed by atoms with Crippen LogP contribution in [0.1, 0.15) is 271 Å². The van der Waals surface area contributed by atoms with E-state index >= 15 is 0 Å². The first-order valence-corrected chi connectivity index (χ1v) is 27.4. The van der Waals surface area contributed by atoms with Gasteiger partial charge in [0.15, 0.2) is 6.10 Å². The third-order valence-corrected chi connectivity index (χ3v) is 11.9. The molecular formula is C58H102O6. The molecule has 1 unspecified atom stereocenters. The largest absolute Gasteiger partial charge is 0.462 e. The number of unbranched alkanes of at least 4 members (excludes halogenated alkanes) is 32. The summed E-state index contributed by atoms with van der Waals surface area (Å²) in [6, 6.07) is 0. The molecule has 0 heterocycles. The van der Waals surface area contributed by atoms with Crippen molar-refractivity contribution in [3.63, 3.8) is 0 Å². The maximum Gasteiger partial charge on any atom is 0.306 e. The molecule has 0 fully saturated rings. The minimum atomic E-state index is -0.792. The van der Waals surface area contributed by atoms with Gasteiger partial charge in [0.05, 0.1) is 0 Å². The summed E-state index contributed by atoms with van der Waals surface area (Å²) in [4.78, 5) is 38.1. The molecule has 0 amide bonds. The third-order valence-electron chi connectivity index (χ3n) is 11.9. The van der Waals surface area contributed by atoms with E-state index in [9.17, 15) is 14.4 Å². The topological polar surface area (TPSA) is 78.9 Å². The Morgan fingerprint density at radius 1 is 0.328 bits per heavy atom. The van der Waals surface area contributed by atoms with E-state index < -0.39 is 6.10 Å². The lowest BCUT2D eigenvalue weighted by Crippen LogP contribution is -2.30. The van der Waals surface area contributed by atoms with Crippen LogP contribution in [0.15, 0.2) is 60.8 Å². The lowest BCUT2D eigenvalue weighted by atomic mass is 10.0. The van der Waals surface area contributed by atoms with Crippen LogP contribution in [0.3, 0.4) is 0 Å². The highest BCUT2D eigenvalue weighted by Gasteiger charge is 2.19. The predicted octanol–water partition coefficient (Wildman–Crippen LogP) is 18.0. The summed E-state index contributed by atoms with van der Waals surface area (Å²) in [7, 11) is 0. The third kappa shape index (κ3) is 50.1. The zero-order valence-electron chi connectivity index (χ0n) is 42.3. The van der Waals surface area contributed by atoms with Crippen molar-refractivity contribution in [2.75, 3.05) is 13.2 Å². The molecule has 0 aromatic heterocycles. The van der Waals surface area contributed by atoms with Gasteiger partial charge in [0.1, 0.15) is 13.2 Å². The molecule has 0 aliphatic rings. The Morgan fingerprint density at radius 2 is 0.609 bits per heavy atom. The number of hydrogen-bond donors (Lipinski definition) is 0. The zero-order valence-corrected chi connectivity index (χ0v) is 42.3. The molecular weight excluding hydrogens is 793 g/mol. The van der Waals surface area contributed by atoms with Crippen LogP contribution in [-0.4, -0.2) is 37.2 Å². The Morgan fingerprint density at radius 3 is 0.953 bits per heavy atom. The van der Waals surface area contributed by atoms with E-state index in [0.717, 1.165) is 70.6 Å². The lowest BCUT2D eigenvalue weighted by Gasteiger charge is -2.18. The van der Waals surface area contributed by atoms with E-state index in [1.807, 2.05) is 48.6 Å². The molecule has 370 valence electrons. The quantitative estimate of drug-likeness (QED) is 0.0262. The van der Waals surface area contributed by atoms with E-state index in [1.54, 1.807) is 0 Å². The number of carbonyl (C=O) groups excluding carboxylic acids is 3. The van der Waals surface area contributed by atoms with Crippen LogP contribution in [0.25, 0.3) is 0 Å². The van der Waals surface area contributed by atoms with Gasteiger partial charge in [-0.05, 0) is 38.5 Å². The highest BCUT2D eigenvalue weighted by Crippen LogP contribution is 2.16. The second kappa shape index (κ2) is 52.7. The Balaban J connectivity index is 4.42. The molecule has 6 heteroatoms. The van der Waals surface area contributed by atoms with Gasteiger partial charge in [-0.25, -0.2) is 0 Å². The molecule has 0 rings (SSSR count). The van der Waals surface area contributed by atoms with Gasteiger partial charge in [-0.3, -0.25) is 14.4 Å². The Labute approximate surface area is 396 Å². The lowest BCUT2D eigenvalue weighted by molar-refractivity contribution is -0.167. The van der Waals surface area contributed by atoms with Crippen LogP contribution in [-0.2, 0) is 28.6 Å². The van der Waals surface area contributed by atoms with Gasteiger partial charge in [-0.2, -0.15) is 0 Å². The smallest absolute Gasteiger partial charge is 0.306 e. The monoisotopic (exact) mass is 895 g/mol. The van der Waals surface area contributed by atoms with Crippen molar-refractivity contribution in [1.82, 2.24) is 0 Å². The van der Waals surface area contributed by atoms with Gasteiger partial charge in [-0.15, -0.1) is 0 Å². The molecule has 0 N–H and O–H groups in total. The van der Waals surface area contributed by atoms with Crippen LogP contribution in [0, 0.1) is 0 Å². The molecule has 6 nitrogen and oxygen atoms in total. The fraction of sp³-hybridized carbons (Fsp3) is 0.776. The number of rotatable bonds is 49. The van der Waals surface area contributed by atoms with Crippen molar-refractivity contribution in [2.24, 2.45) is 0 Å². The predicted molar refractivity (Wildman–Crippen MR) is 275 cm³/mol. The maximum absolute atomic E-state index is 12.8. The molecule has 0 radical (unpaired) electrons. The fourth-order valence-electron chi connectivity index (χ4n) is 7.82. The fourth-order valence-corrected chi connectivity index (χ4v) is 7.82. The molecule has 0 aromatic rings. The minimum absolute atomic E-state index is 0.0879. The summed E-state index contributed by atoms with van der Waals surface area (Å²) >= 11 is 0. The van der Waals surface area contributed by atoms with Crippen molar-refractivity contribution in [3.8, 4) is 0 Å². The number of carbonyl (C=O) groups is 3. The standard InChI is InChI=1S/C58H102O6/c1-4-7-10-13-16-19-22-25-28-31-33-36-39-42-45-48-51-57(60)63-54-55(64-58(61)52-49-46-43-40-37-34-30-27-24-21-18-15-12-9-6-3)53-62-56(59)50-47-44-41-38-35-32-29-26-23-20-17-14-11-8-5-2/h9,12,15,18,21,24,27,30,34,37,55H,4-8,10-11,13-14,16-17,19-20,22-23,25-26,28-29,31-33,35-36,38-54H2,1-3H3/b12-9-,18-15-,24-21-,30-27-,37-34-. The molecule has 0 aliphatic carbocycles. The first-order chi connectivity index (χ1) is 31.5. The van der Waals surface area contributed by atoms with E-state index in [-0.39, 0.29) is 37.5 Å². The minimum Gasteiger partial charge on any atom is -0.462 e. The molecule has 1 atom stereocenters. The van der Waals surface area contributed by atoms with Crippen LogP contribution >= 0.6 is 0 Å². The van der Waals surface area contributed by atoms with E-state index in [1.165, 1.54) is 161 Å². The maximum atomic E-state index is 12.8. The summed E-state index contributed by atoms with van der Waals surface area (Å²) in [5.74, 6) is -0.918. The van der Waals surface area contributed by atoms with Crippen LogP contribution < -0.4 is 0 Å².